The van der Waals surface area contributed by atoms with Crippen LogP contribution in [0.2, 0.25) is 0 Å². The molecule has 0 saturated heterocycles. The van der Waals surface area contributed by atoms with Gasteiger partial charge in [-0.2, -0.15) is 0 Å². The summed E-state index contributed by atoms with van der Waals surface area (Å²) in [6.07, 6.45) is 0. The molecule has 0 radical (unpaired) electrons. The monoisotopic (exact) mass is 598 g/mol. The predicted molar refractivity (Wildman–Crippen MR) is 194 cm³/mol. The number of para-hydroxylation sites is 4. The zero-order chi connectivity index (χ0) is 31.8. The number of benzene rings is 6. The molecule has 2 aliphatic rings. The number of nitrogen functional groups attached to an aromatic ring is 2. The Morgan fingerprint density at radius 3 is 0.957 bits per heavy atom. The molecule has 4 nitrogen and oxygen atoms in total. The molecule has 2 heterocycles. The Morgan fingerprint density at radius 2 is 0.674 bits per heavy atom. The minimum absolute atomic E-state index is 0.115. The predicted octanol–water partition coefficient (Wildman–Crippen LogP) is 10.7. The second-order valence-corrected chi connectivity index (χ2v) is 13.5. The number of fused-ring (bicyclic) bond motifs is 4. The average molecular weight is 599 g/mol. The molecule has 6 aromatic rings. The van der Waals surface area contributed by atoms with Crippen molar-refractivity contribution in [3.63, 3.8) is 0 Å². The van der Waals surface area contributed by atoms with Crippen molar-refractivity contribution >= 4 is 45.5 Å². The second kappa shape index (κ2) is 10.0. The molecule has 0 saturated carbocycles. The van der Waals surface area contributed by atoms with Crippen LogP contribution in [0.4, 0.5) is 45.5 Å². The molecule has 0 aliphatic carbocycles. The van der Waals surface area contributed by atoms with Gasteiger partial charge in [0.2, 0.25) is 0 Å². The zero-order valence-corrected chi connectivity index (χ0v) is 26.8. The van der Waals surface area contributed by atoms with Crippen molar-refractivity contribution in [2.24, 2.45) is 0 Å². The standard InChI is InChI=1S/C42H38N4/c1-41(2)31-13-5-9-17-37(31)45(38-18-10-6-14-32(38)41)27-21-23-29(35(43)25-27)30-24-22-28(26-36(30)44)46-39-19-11-7-15-33(39)42(3,4)34-16-8-12-20-40(34)46/h5-26H,43-44H2,1-4H3. The van der Waals surface area contributed by atoms with Gasteiger partial charge in [0.1, 0.15) is 0 Å². The number of hydrogen-bond acceptors (Lipinski definition) is 4. The molecule has 0 unspecified atom stereocenters. The van der Waals surface area contributed by atoms with Gasteiger partial charge in [-0.15, -0.1) is 0 Å². The van der Waals surface area contributed by atoms with Gasteiger partial charge in [0.25, 0.3) is 0 Å². The summed E-state index contributed by atoms with van der Waals surface area (Å²) in [6.45, 7) is 9.20. The normalized spacial score (nSPS) is 15.4. The summed E-state index contributed by atoms with van der Waals surface area (Å²) < 4.78 is 0. The van der Waals surface area contributed by atoms with Crippen molar-refractivity contribution in [1.29, 1.82) is 0 Å². The highest BCUT2D eigenvalue weighted by atomic mass is 15.2. The van der Waals surface area contributed by atoms with Crippen LogP contribution in [0, 0.1) is 0 Å². The Morgan fingerprint density at radius 1 is 0.391 bits per heavy atom. The molecule has 0 atom stereocenters. The Hall–Kier alpha value is -5.48. The molecule has 46 heavy (non-hydrogen) atoms. The summed E-state index contributed by atoms with van der Waals surface area (Å²) in [5, 5.41) is 0. The molecule has 0 bridgehead atoms. The smallest absolute Gasteiger partial charge is 0.0502 e. The molecule has 2 aliphatic heterocycles. The first kappa shape index (κ1) is 28.0. The lowest BCUT2D eigenvalue weighted by Crippen LogP contribution is -2.30. The molecule has 226 valence electrons. The molecular formula is C42H38N4. The van der Waals surface area contributed by atoms with Crippen LogP contribution in [0.5, 0.6) is 0 Å². The van der Waals surface area contributed by atoms with Gasteiger partial charge in [0.15, 0.2) is 0 Å². The fraction of sp³-hybridized carbons (Fsp3) is 0.143. The molecule has 4 heteroatoms. The summed E-state index contributed by atoms with van der Waals surface area (Å²) >= 11 is 0. The summed E-state index contributed by atoms with van der Waals surface area (Å²) in [7, 11) is 0. The first-order valence-corrected chi connectivity index (χ1v) is 16.0. The van der Waals surface area contributed by atoms with Crippen LogP contribution in [-0.4, -0.2) is 0 Å². The average Bonchev–Trinajstić information content (AvgIpc) is 3.06. The Labute approximate surface area is 271 Å². The van der Waals surface area contributed by atoms with E-state index in [4.69, 9.17) is 11.5 Å². The van der Waals surface area contributed by atoms with Gasteiger partial charge in [0, 0.05) is 44.7 Å². The molecular weight excluding hydrogens is 560 g/mol. The number of nitrogens with zero attached hydrogens (tertiary/aromatic N) is 2. The second-order valence-electron chi connectivity index (χ2n) is 13.5. The van der Waals surface area contributed by atoms with Crippen LogP contribution >= 0.6 is 0 Å². The summed E-state index contributed by atoms with van der Waals surface area (Å²) in [5.74, 6) is 0. The van der Waals surface area contributed by atoms with E-state index in [9.17, 15) is 0 Å². The van der Waals surface area contributed by atoms with E-state index in [0.29, 0.717) is 11.4 Å². The van der Waals surface area contributed by atoms with Gasteiger partial charge in [-0.25, -0.2) is 0 Å². The first-order chi connectivity index (χ1) is 22.2. The third kappa shape index (κ3) is 3.99. The highest BCUT2D eigenvalue weighted by Crippen LogP contribution is 2.54. The van der Waals surface area contributed by atoms with E-state index in [1.807, 2.05) is 0 Å². The molecule has 6 aromatic carbocycles. The molecule has 8 rings (SSSR count). The fourth-order valence-electron chi connectivity index (χ4n) is 7.76. The van der Waals surface area contributed by atoms with Crippen molar-refractivity contribution in [1.82, 2.24) is 0 Å². The maximum atomic E-state index is 6.87. The number of anilines is 8. The van der Waals surface area contributed by atoms with E-state index >= 15 is 0 Å². The van der Waals surface area contributed by atoms with Crippen molar-refractivity contribution < 1.29 is 0 Å². The Balaban J connectivity index is 1.20. The van der Waals surface area contributed by atoms with Gasteiger partial charge >= 0.3 is 0 Å². The number of rotatable bonds is 3. The summed E-state index contributed by atoms with van der Waals surface area (Å²) in [6, 6.07) is 47.3. The summed E-state index contributed by atoms with van der Waals surface area (Å²) in [5.41, 5.74) is 28.6. The van der Waals surface area contributed by atoms with Crippen LogP contribution in [0.25, 0.3) is 11.1 Å². The Kier molecular flexibility index (Phi) is 6.10. The number of hydrogen-bond donors (Lipinski definition) is 2. The van der Waals surface area contributed by atoms with Gasteiger partial charge in [-0.1, -0.05) is 113 Å². The van der Waals surface area contributed by atoms with E-state index in [1.54, 1.807) is 0 Å². The van der Waals surface area contributed by atoms with Gasteiger partial charge in [-0.05, 0) is 70.8 Å². The Bertz CT molecular complexity index is 1900. The van der Waals surface area contributed by atoms with Crippen molar-refractivity contribution in [3.05, 3.63) is 156 Å². The largest absolute Gasteiger partial charge is 0.398 e. The minimum Gasteiger partial charge on any atom is -0.398 e. The molecule has 0 amide bonds. The minimum atomic E-state index is -0.115. The van der Waals surface area contributed by atoms with Crippen LogP contribution in [-0.2, 0) is 10.8 Å². The topological polar surface area (TPSA) is 58.5 Å². The third-order valence-corrected chi connectivity index (χ3v) is 10.2. The van der Waals surface area contributed by atoms with Crippen molar-refractivity contribution in [2.45, 2.75) is 38.5 Å². The highest BCUT2D eigenvalue weighted by molar-refractivity contribution is 5.93. The molecule has 0 spiro atoms. The van der Waals surface area contributed by atoms with E-state index in [1.165, 1.54) is 45.0 Å². The summed E-state index contributed by atoms with van der Waals surface area (Å²) in [4.78, 5) is 4.66. The van der Waals surface area contributed by atoms with Crippen molar-refractivity contribution in [2.75, 3.05) is 21.3 Å². The molecule has 4 N–H and O–H groups in total. The quantitative estimate of drug-likeness (QED) is 0.199. The van der Waals surface area contributed by atoms with Crippen LogP contribution < -0.4 is 21.3 Å². The molecule has 0 aromatic heterocycles. The van der Waals surface area contributed by atoms with Gasteiger partial charge in [0.05, 0.1) is 22.7 Å². The molecule has 0 fully saturated rings. The van der Waals surface area contributed by atoms with Crippen LogP contribution in [0.1, 0.15) is 49.9 Å². The van der Waals surface area contributed by atoms with E-state index in [2.05, 4.69) is 171 Å². The SMILES string of the molecule is CC1(C)c2ccccc2N(c2ccc(-c3ccc(N4c5ccccc5C(C)(C)c5ccccc54)cc3N)c(N)c2)c2ccccc21. The zero-order valence-electron chi connectivity index (χ0n) is 26.8. The van der Waals surface area contributed by atoms with E-state index in [0.717, 1.165) is 22.5 Å². The maximum Gasteiger partial charge on any atom is 0.0502 e. The maximum absolute atomic E-state index is 6.87. The van der Waals surface area contributed by atoms with Gasteiger partial charge < -0.3 is 21.3 Å². The third-order valence-electron chi connectivity index (χ3n) is 10.2. The van der Waals surface area contributed by atoms with Crippen LogP contribution in [0.3, 0.4) is 0 Å². The van der Waals surface area contributed by atoms with Gasteiger partial charge in [-0.3, -0.25) is 0 Å². The van der Waals surface area contributed by atoms with E-state index in [-0.39, 0.29) is 10.8 Å². The lowest BCUT2D eigenvalue weighted by molar-refractivity contribution is 0.632. The lowest BCUT2D eigenvalue weighted by Gasteiger charge is -2.42. The van der Waals surface area contributed by atoms with Crippen LogP contribution in [0.15, 0.2) is 133 Å². The number of nitrogens with two attached hydrogens (primary N) is 2. The van der Waals surface area contributed by atoms with Crippen molar-refractivity contribution in [3.8, 4) is 11.1 Å². The first-order valence-electron chi connectivity index (χ1n) is 16.0. The lowest BCUT2D eigenvalue weighted by atomic mass is 9.73. The fourth-order valence-corrected chi connectivity index (χ4v) is 7.76. The highest BCUT2D eigenvalue weighted by Gasteiger charge is 2.38. The van der Waals surface area contributed by atoms with E-state index < -0.39 is 0 Å².